The standard InChI is InChI=1S/C15H23N5O2/c1-3-20-9-13(7-17-20)22-15-11-19(10-14(15)21)5-4-12-6-16-18(2)8-12/h6-9,14-15,21H,3-5,10-11H2,1-2H3/t14-,15-/m1/s1. The van der Waals surface area contributed by atoms with Gasteiger partial charge in [-0.15, -0.1) is 0 Å². The Morgan fingerprint density at radius 3 is 2.82 bits per heavy atom. The molecule has 7 nitrogen and oxygen atoms in total. The molecule has 0 radical (unpaired) electrons. The molecule has 0 aromatic carbocycles. The molecule has 0 unspecified atom stereocenters. The second kappa shape index (κ2) is 6.50. The molecule has 2 aromatic rings. The molecule has 1 aliphatic heterocycles. The van der Waals surface area contributed by atoms with Gasteiger partial charge in [0.2, 0.25) is 0 Å². The Labute approximate surface area is 130 Å². The fraction of sp³-hybridized carbons (Fsp3) is 0.600. The van der Waals surface area contributed by atoms with Crippen molar-refractivity contribution in [3.8, 4) is 5.75 Å². The molecule has 3 rings (SSSR count). The molecule has 1 fully saturated rings. The van der Waals surface area contributed by atoms with E-state index in [1.54, 1.807) is 6.20 Å². The van der Waals surface area contributed by atoms with Crippen LogP contribution in [0.2, 0.25) is 0 Å². The maximum absolute atomic E-state index is 10.2. The van der Waals surface area contributed by atoms with Gasteiger partial charge in [0.15, 0.2) is 5.75 Å². The summed E-state index contributed by atoms with van der Waals surface area (Å²) in [6.45, 7) is 5.12. The van der Waals surface area contributed by atoms with E-state index in [4.69, 9.17) is 4.74 Å². The zero-order chi connectivity index (χ0) is 15.5. The van der Waals surface area contributed by atoms with Crippen LogP contribution in [0.5, 0.6) is 5.75 Å². The number of β-amino-alcohol motifs (C(OH)–C–C–N with tert-alkyl or cyclic N) is 1. The van der Waals surface area contributed by atoms with Crippen molar-refractivity contribution in [3.05, 3.63) is 30.4 Å². The van der Waals surface area contributed by atoms with E-state index in [1.807, 2.05) is 41.9 Å². The van der Waals surface area contributed by atoms with Crippen molar-refractivity contribution in [2.45, 2.75) is 32.1 Å². The molecule has 0 amide bonds. The van der Waals surface area contributed by atoms with Crippen LogP contribution in [0.4, 0.5) is 0 Å². The lowest BCUT2D eigenvalue weighted by Gasteiger charge is -2.15. The van der Waals surface area contributed by atoms with Gasteiger partial charge in [0.1, 0.15) is 12.2 Å². The molecule has 7 heteroatoms. The van der Waals surface area contributed by atoms with E-state index >= 15 is 0 Å². The van der Waals surface area contributed by atoms with Crippen LogP contribution in [0.1, 0.15) is 12.5 Å². The molecule has 2 aromatic heterocycles. The van der Waals surface area contributed by atoms with Gasteiger partial charge in [0.05, 0.1) is 18.6 Å². The van der Waals surface area contributed by atoms with E-state index in [-0.39, 0.29) is 6.10 Å². The van der Waals surface area contributed by atoms with Gasteiger partial charge in [0.25, 0.3) is 0 Å². The van der Waals surface area contributed by atoms with E-state index in [1.165, 1.54) is 5.56 Å². The molecule has 1 N–H and O–H groups in total. The van der Waals surface area contributed by atoms with Crippen LogP contribution < -0.4 is 4.74 Å². The first-order chi connectivity index (χ1) is 10.6. The Bertz CT molecular complexity index is 609. The maximum Gasteiger partial charge on any atom is 0.157 e. The first-order valence-corrected chi connectivity index (χ1v) is 7.71. The van der Waals surface area contributed by atoms with Crippen molar-refractivity contribution in [3.63, 3.8) is 0 Å². The quantitative estimate of drug-likeness (QED) is 0.831. The van der Waals surface area contributed by atoms with Gasteiger partial charge in [-0.2, -0.15) is 10.2 Å². The number of aliphatic hydroxyl groups is 1. The highest BCUT2D eigenvalue weighted by Crippen LogP contribution is 2.18. The first kappa shape index (κ1) is 15.1. The lowest BCUT2D eigenvalue weighted by Crippen LogP contribution is -2.30. The number of nitrogens with zero attached hydrogens (tertiary/aromatic N) is 5. The Balaban J connectivity index is 1.50. The van der Waals surface area contributed by atoms with Crippen LogP contribution >= 0.6 is 0 Å². The third-order valence-corrected chi connectivity index (χ3v) is 4.01. The minimum absolute atomic E-state index is 0.191. The third kappa shape index (κ3) is 3.48. The predicted molar refractivity (Wildman–Crippen MR) is 81.7 cm³/mol. The Morgan fingerprint density at radius 1 is 1.27 bits per heavy atom. The molecule has 3 heterocycles. The first-order valence-electron chi connectivity index (χ1n) is 7.71. The van der Waals surface area contributed by atoms with Gasteiger partial charge in [0, 0.05) is 39.4 Å². The summed E-state index contributed by atoms with van der Waals surface area (Å²) >= 11 is 0. The monoisotopic (exact) mass is 305 g/mol. The molecule has 0 aliphatic carbocycles. The van der Waals surface area contributed by atoms with E-state index in [0.29, 0.717) is 6.54 Å². The molecule has 0 bridgehead atoms. The van der Waals surface area contributed by atoms with E-state index in [2.05, 4.69) is 15.1 Å². The Kier molecular flexibility index (Phi) is 4.44. The molecule has 0 spiro atoms. The van der Waals surface area contributed by atoms with Gasteiger partial charge < -0.3 is 9.84 Å². The number of likely N-dealkylation sites (tertiary alicyclic amines) is 1. The summed E-state index contributed by atoms with van der Waals surface area (Å²) in [6, 6.07) is 0. The van der Waals surface area contributed by atoms with Crippen molar-refractivity contribution >= 4 is 0 Å². The highest BCUT2D eigenvalue weighted by atomic mass is 16.5. The summed E-state index contributed by atoms with van der Waals surface area (Å²) in [7, 11) is 1.92. The Hall–Kier alpha value is -1.86. The van der Waals surface area contributed by atoms with Crippen molar-refractivity contribution in [1.29, 1.82) is 0 Å². The number of aryl methyl sites for hydroxylation is 2. The largest absolute Gasteiger partial charge is 0.483 e. The topological polar surface area (TPSA) is 68.3 Å². The molecular formula is C15H23N5O2. The molecular weight excluding hydrogens is 282 g/mol. The van der Waals surface area contributed by atoms with Crippen LogP contribution in [0, 0.1) is 0 Å². The number of aromatic nitrogens is 4. The molecule has 2 atom stereocenters. The van der Waals surface area contributed by atoms with Crippen molar-refractivity contribution < 1.29 is 9.84 Å². The predicted octanol–water partition coefficient (Wildman–Crippen LogP) is 0.303. The normalized spacial score (nSPS) is 22.3. The van der Waals surface area contributed by atoms with Crippen LogP contribution in [0.3, 0.4) is 0 Å². The highest BCUT2D eigenvalue weighted by Gasteiger charge is 2.32. The van der Waals surface area contributed by atoms with Crippen molar-refractivity contribution in [1.82, 2.24) is 24.5 Å². The summed E-state index contributed by atoms with van der Waals surface area (Å²) in [6.07, 6.45) is 7.77. The minimum atomic E-state index is -0.459. The van der Waals surface area contributed by atoms with Crippen molar-refractivity contribution in [2.24, 2.45) is 7.05 Å². The van der Waals surface area contributed by atoms with E-state index in [0.717, 1.165) is 31.8 Å². The van der Waals surface area contributed by atoms with E-state index < -0.39 is 6.10 Å². The van der Waals surface area contributed by atoms with Crippen LogP contribution in [-0.4, -0.2) is 61.4 Å². The molecule has 22 heavy (non-hydrogen) atoms. The summed E-state index contributed by atoms with van der Waals surface area (Å²) in [5.41, 5.74) is 1.21. The highest BCUT2D eigenvalue weighted by molar-refractivity contribution is 5.13. The van der Waals surface area contributed by atoms with Gasteiger partial charge >= 0.3 is 0 Å². The van der Waals surface area contributed by atoms with Gasteiger partial charge in [-0.1, -0.05) is 0 Å². The third-order valence-electron chi connectivity index (χ3n) is 4.01. The number of ether oxygens (including phenoxy) is 1. The lowest BCUT2D eigenvalue weighted by molar-refractivity contribution is 0.0736. The number of hydrogen-bond acceptors (Lipinski definition) is 5. The molecule has 0 saturated carbocycles. The SMILES string of the molecule is CCn1cc(O[C@@H]2CN(CCc3cnn(C)c3)C[C@H]2O)cn1. The summed E-state index contributed by atoms with van der Waals surface area (Å²) in [5.74, 6) is 0.722. The summed E-state index contributed by atoms with van der Waals surface area (Å²) in [4.78, 5) is 2.23. The van der Waals surface area contributed by atoms with Gasteiger partial charge in [-0.3, -0.25) is 14.3 Å². The number of aliphatic hydroxyl groups excluding tert-OH is 1. The van der Waals surface area contributed by atoms with Crippen LogP contribution in [-0.2, 0) is 20.0 Å². The lowest BCUT2D eigenvalue weighted by atomic mass is 10.2. The second-order valence-corrected chi connectivity index (χ2v) is 5.79. The van der Waals surface area contributed by atoms with Crippen LogP contribution in [0.15, 0.2) is 24.8 Å². The molecule has 120 valence electrons. The van der Waals surface area contributed by atoms with Gasteiger partial charge in [-0.25, -0.2) is 0 Å². The zero-order valence-electron chi connectivity index (χ0n) is 13.1. The van der Waals surface area contributed by atoms with Crippen LogP contribution in [0.25, 0.3) is 0 Å². The van der Waals surface area contributed by atoms with E-state index in [9.17, 15) is 5.11 Å². The Morgan fingerprint density at radius 2 is 2.14 bits per heavy atom. The maximum atomic E-state index is 10.2. The summed E-state index contributed by atoms with van der Waals surface area (Å²) in [5, 5.41) is 18.5. The van der Waals surface area contributed by atoms with Crippen molar-refractivity contribution in [2.75, 3.05) is 19.6 Å². The summed E-state index contributed by atoms with van der Waals surface area (Å²) < 4.78 is 9.49. The second-order valence-electron chi connectivity index (χ2n) is 5.79. The number of hydrogen-bond donors (Lipinski definition) is 1. The zero-order valence-corrected chi connectivity index (χ0v) is 13.1. The fourth-order valence-corrected chi connectivity index (χ4v) is 2.77. The number of rotatable bonds is 6. The molecule has 1 aliphatic rings. The fourth-order valence-electron chi connectivity index (χ4n) is 2.77. The average molecular weight is 305 g/mol. The smallest absolute Gasteiger partial charge is 0.157 e. The van der Waals surface area contributed by atoms with Gasteiger partial charge in [-0.05, 0) is 18.9 Å². The minimum Gasteiger partial charge on any atom is -0.483 e. The average Bonchev–Trinajstić information content (AvgIpc) is 3.19. The molecule has 1 saturated heterocycles.